The molecule has 0 spiro atoms. The van der Waals surface area contributed by atoms with Crippen molar-refractivity contribution in [1.29, 1.82) is 0 Å². The average Bonchev–Trinajstić information content (AvgIpc) is 2.51. The SMILES string of the molecule is Cc1cc(C)cc(OCCN(C)C(=O)CC[C@H]2CCCN(C)C2)c1. The molecule has 1 aliphatic rings. The lowest BCUT2D eigenvalue weighted by atomic mass is 9.93. The molecule has 0 bridgehead atoms. The summed E-state index contributed by atoms with van der Waals surface area (Å²) in [7, 11) is 4.05. The first kappa shape index (κ1) is 18.8. The molecule has 4 heteroatoms. The highest BCUT2D eigenvalue weighted by Crippen LogP contribution is 2.20. The molecule has 2 rings (SSSR count). The van der Waals surface area contributed by atoms with Gasteiger partial charge in [0, 0.05) is 20.0 Å². The lowest BCUT2D eigenvalue weighted by Gasteiger charge is -2.29. The van der Waals surface area contributed by atoms with Crippen LogP contribution in [-0.4, -0.2) is 56.0 Å². The Hall–Kier alpha value is -1.55. The Labute approximate surface area is 146 Å². The molecule has 1 aromatic carbocycles. The number of ether oxygens (including phenoxy) is 1. The number of hydrogen-bond acceptors (Lipinski definition) is 3. The van der Waals surface area contributed by atoms with E-state index in [1.54, 1.807) is 4.90 Å². The summed E-state index contributed by atoms with van der Waals surface area (Å²) in [6.45, 7) is 7.64. The summed E-state index contributed by atoms with van der Waals surface area (Å²) in [6.07, 6.45) is 4.18. The van der Waals surface area contributed by atoms with Gasteiger partial charge in [-0.2, -0.15) is 0 Å². The summed E-state index contributed by atoms with van der Waals surface area (Å²) in [5, 5.41) is 0. The molecule has 1 aromatic rings. The van der Waals surface area contributed by atoms with Gasteiger partial charge in [-0.05, 0) is 75.9 Å². The number of rotatable bonds is 7. The van der Waals surface area contributed by atoms with Crippen LogP contribution in [0.15, 0.2) is 18.2 Å². The number of carbonyl (C=O) groups excluding carboxylic acids is 1. The molecule has 1 fully saturated rings. The summed E-state index contributed by atoms with van der Waals surface area (Å²) < 4.78 is 5.80. The maximum Gasteiger partial charge on any atom is 0.222 e. The average molecular weight is 332 g/mol. The van der Waals surface area contributed by atoms with Crippen molar-refractivity contribution in [2.24, 2.45) is 5.92 Å². The van der Waals surface area contributed by atoms with Gasteiger partial charge in [0.15, 0.2) is 0 Å². The predicted molar refractivity (Wildman–Crippen MR) is 98.5 cm³/mol. The van der Waals surface area contributed by atoms with Crippen LogP contribution in [0.3, 0.4) is 0 Å². The normalized spacial score (nSPS) is 18.4. The summed E-state index contributed by atoms with van der Waals surface area (Å²) in [5.41, 5.74) is 2.40. The summed E-state index contributed by atoms with van der Waals surface area (Å²) in [6, 6.07) is 6.20. The third kappa shape index (κ3) is 6.16. The quantitative estimate of drug-likeness (QED) is 0.768. The Bertz CT molecular complexity index is 524. The molecule has 1 heterocycles. The van der Waals surface area contributed by atoms with Gasteiger partial charge in [-0.1, -0.05) is 6.07 Å². The molecule has 0 N–H and O–H groups in total. The molecule has 0 aliphatic carbocycles. The highest BCUT2D eigenvalue weighted by Gasteiger charge is 2.19. The third-order valence-corrected chi connectivity index (χ3v) is 4.80. The van der Waals surface area contributed by atoms with E-state index in [1.807, 2.05) is 19.2 Å². The van der Waals surface area contributed by atoms with Crippen molar-refractivity contribution in [2.45, 2.75) is 39.5 Å². The highest BCUT2D eigenvalue weighted by atomic mass is 16.5. The lowest BCUT2D eigenvalue weighted by Crippen LogP contribution is -2.34. The molecule has 0 unspecified atom stereocenters. The Kier molecular flexibility index (Phi) is 7.10. The Balaban J connectivity index is 1.67. The van der Waals surface area contributed by atoms with Crippen LogP contribution < -0.4 is 4.74 Å². The molecule has 1 amide bonds. The second-order valence-electron chi connectivity index (χ2n) is 7.30. The number of hydrogen-bond donors (Lipinski definition) is 0. The second kappa shape index (κ2) is 9.07. The Morgan fingerprint density at radius 1 is 1.29 bits per heavy atom. The van der Waals surface area contributed by atoms with E-state index in [-0.39, 0.29) is 5.91 Å². The van der Waals surface area contributed by atoms with Crippen molar-refractivity contribution in [2.75, 3.05) is 40.3 Å². The monoisotopic (exact) mass is 332 g/mol. The van der Waals surface area contributed by atoms with Crippen LogP contribution in [0, 0.1) is 19.8 Å². The van der Waals surface area contributed by atoms with Crippen LogP contribution in [-0.2, 0) is 4.79 Å². The molecular formula is C20H32N2O2. The van der Waals surface area contributed by atoms with Crippen molar-refractivity contribution in [3.63, 3.8) is 0 Å². The van der Waals surface area contributed by atoms with E-state index in [4.69, 9.17) is 4.74 Å². The number of carbonyl (C=O) groups is 1. The number of piperidine rings is 1. The molecule has 1 saturated heterocycles. The van der Waals surface area contributed by atoms with Gasteiger partial charge in [-0.15, -0.1) is 0 Å². The number of likely N-dealkylation sites (N-methyl/N-ethyl adjacent to an activating group) is 1. The van der Waals surface area contributed by atoms with E-state index in [0.29, 0.717) is 25.5 Å². The smallest absolute Gasteiger partial charge is 0.222 e. The number of benzene rings is 1. The maximum atomic E-state index is 12.3. The van der Waals surface area contributed by atoms with Crippen LogP contribution in [0.5, 0.6) is 5.75 Å². The van der Waals surface area contributed by atoms with Crippen LogP contribution >= 0.6 is 0 Å². The largest absolute Gasteiger partial charge is 0.492 e. The Morgan fingerprint density at radius 2 is 2.00 bits per heavy atom. The van der Waals surface area contributed by atoms with Gasteiger partial charge >= 0.3 is 0 Å². The van der Waals surface area contributed by atoms with Gasteiger partial charge in [0.25, 0.3) is 0 Å². The minimum absolute atomic E-state index is 0.229. The maximum absolute atomic E-state index is 12.3. The summed E-state index contributed by atoms with van der Waals surface area (Å²) in [5.74, 6) is 1.79. The summed E-state index contributed by atoms with van der Waals surface area (Å²) >= 11 is 0. The Morgan fingerprint density at radius 3 is 2.67 bits per heavy atom. The van der Waals surface area contributed by atoms with Crippen molar-refractivity contribution < 1.29 is 9.53 Å². The van der Waals surface area contributed by atoms with E-state index >= 15 is 0 Å². The minimum atomic E-state index is 0.229. The zero-order valence-corrected chi connectivity index (χ0v) is 15.7. The number of amides is 1. The van der Waals surface area contributed by atoms with Crippen molar-refractivity contribution in [1.82, 2.24) is 9.80 Å². The zero-order chi connectivity index (χ0) is 17.5. The zero-order valence-electron chi connectivity index (χ0n) is 15.7. The topological polar surface area (TPSA) is 32.8 Å². The molecule has 24 heavy (non-hydrogen) atoms. The van der Waals surface area contributed by atoms with E-state index in [2.05, 4.69) is 31.9 Å². The van der Waals surface area contributed by atoms with E-state index in [1.165, 1.54) is 30.5 Å². The number of aryl methyl sites for hydroxylation is 2. The molecule has 1 atom stereocenters. The first-order chi connectivity index (χ1) is 11.4. The van der Waals surface area contributed by atoms with Gasteiger partial charge in [0.2, 0.25) is 5.91 Å². The fraction of sp³-hybridized carbons (Fsp3) is 0.650. The van der Waals surface area contributed by atoms with Gasteiger partial charge in [-0.3, -0.25) is 4.79 Å². The second-order valence-corrected chi connectivity index (χ2v) is 7.30. The van der Waals surface area contributed by atoms with E-state index in [0.717, 1.165) is 18.7 Å². The van der Waals surface area contributed by atoms with Crippen molar-refractivity contribution >= 4 is 5.91 Å². The predicted octanol–water partition coefficient (Wildman–Crippen LogP) is 3.26. The van der Waals surface area contributed by atoms with Crippen LogP contribution in [0.1, 0.15) is 36.8 Å². The van der Waals surface area contributed by atoms with Crippen LogP contribution in [0.4, 0.5) is 0 Å². The lowest BCUT2D eigenvalue weighted by molar-refractivity contribution is -0.130. The van der Waals surface area contributed by atoms with Gasteiger partial charge < -0.3 is 14.5 Å². The molecular weight excluding hydrogens is 300 g/mol. The van der Waals surface area contributed by atoms with Crippen molar-refractivity contribution in [3.8, 4) is 5.75 Å². The standard InChI is InChI=1S/C20H32N2O2/c1-16-12-17(2)14-19(13-16)24-11-10-22(4)20(23)8-7-18-6-5-9-21(3)15-18/h12-14,18H,5-11,15H2,1-4H3/t18-/m1/s1. The fourth-order valence-corrected chi connectivity index (χ4v) is 3.47. The van der Waals surface area contributed by atoms with Crippen LogP contribution in [0.25, 0.3) is 0 Å². The first-order valence-corrected chi connectivity index (χ1v) is 9.07. The molecule has 0 aromatic heterocycles. The van der Waals surface area contributed by atoms with Gasteiger partial charge in [0.1, 0.15) is 12.4 Å². The minimum Gasteiger partial charge on any atom is -0.492 e. The molecule has 1 aliphatic heterocycles. The number of likely N-dealkylation sites (tertiary alicyclic amines) is 1. The molecule has 4 nitrogen and oxygen atoms in total. The molecule has 0 radical (unpaired) electrons. The molecule has 0 saturated carbocycles. The van der Waals surface area contributed by atoms with Crippen molar-refractivity contribution in [3.05, 3.63) is 29.3 Å². The summed E-state index contributed by atoms with van der Waals surface area (Å²) in [4.78, 5) is 16.5. The molecule has 134 valence electrons. The fourth-order valence-electron chi connectivity index (χ4n) is 3.47. The first-order valence-electron chi connectivity index (χ1n) is 9.07. The van der Waals surface area contributed by atoms with Gasteiger partial charge in [-0.25, -0.2) is 0 Å². The highest BCUT2D eigenvalue weighted by molar-refractivity contribution is 5.75. The van der Waals surface area contributed by atoms with E-state index < -0.39 is 0 Å². The van der Waals surface area contributed by atoms with Crippen LogP contribution in [0.2, 0.25) is 0 Å². The van der Waals surface area contributed by atoms with Gasteiger partial charge in [0.05, 0.1) is 6.54 Å². The third-order valence-electron chi connectivity index (χ3n) is 4.80. The number of nitrogens with zero attached hydrogens (tertiary/aromatic N) is 2. The van der Waals surface area contributed by atoms with E-state index in [9.17, 15) is 4.79 Å².